The van der Waals surface area contributed by atoms with Crippen LogP contribution in [0.15, 0.2) is 48.5 Å². The van der Waals surface area contributed by atoms with E-state index < -0.39 is 12.1 Å². The molecular formula is C20H23NO5. The largest absolute Gasteiger partial charge is 0.493 e. The molecule has 0 aliphatic rings. The number of carbonyl (C=O) groups excluding carboxylic acids is 2. The van der Waals surface area contributed by atoms with E-state index in [1.807, 2.05) is 30.3 Å². The van der Waals surface area contributed by atoms with Crippen LogP contribution in [-0.4, -0.2) is 38.7 Å². The van der Waals surface area contributed by atoms with Crippen molar-refractivity contribution in [3.63, 3.8) is 0 Å². The predicted octanol–water partition coefficient (Wildman–Crippen LogP) is 2.61. The summed E-state index contributed by atoms with van der Waals surface area (Å²) in [5.74, 6) is 0.0456. The van der Waals surface area contributed by atoms with Crippen molar-refractivity contribution < 1.29 is 23.8 Å². The third-order valence-corrected chi connectivity index (χ3v) is 3.81. The number of nitrogens with one attached hydrogen (secondary N) is 1. The highest BCUT2D eigenvalue weighted by Crippen LogP contribution is 2.29. The molecular weight excluding hydrogens is 334 g/mol. The van der Waals surface area contributed by atoms with Gasteiger partial charge in [0.25, 0.3) is 5.91 Å². The number of esters is 1. The van der Waals surface area contributed by atoms with Gasteiger partial charge in [0.1, 0.15) is 0 Å². The molecule has 0 heterocycles. The molecule has 0 bridgehead atoms. The third kappa shape index (κ3) is 5.24. The molecule has 0 aliphatic heterocycles. The van der Waals surface area contributed by atoms with Crippen molar-refractivity contribution in [2.45, 2.75) is 19.4 Å². The van der Waals surface area contributed by atoms with Gasteiger partial charge in [-0.2, -0.15) is 0 Å². The summed E-state index contributed by atoms with van der Waals surface area (Å²) in [4.78, 5) is 23.8. The summed E-state index contributed by atoms with van der Waals surface area (Å²) < 4.78 is 15.6. The summed E-state index contributed by atoms with van der Waals surface area (Å²) in [5, 5.41) is 2.85. The molecule has 6 nitrogen and oxygen atoms in total. The van der Waals surface area contributed by atoms with Gasteiger partial charge in [-0.1, -0.05) is 30.3 Å². The zero-order valence-corrected chi connectivity index (χ0v) is 15.2. The highest BCUT2D eigenvalue weighted by molar-refractivity contribution is 5.90. The van der Waals surface area contributed by atoms with E-state index in [1.165, 1.54) is 20.3 Å². The topological polar surface area (TPSA) is 73.9 Å². The molecule has 1 amide bonds. The fraction of sp³-hybridized carbons (Fsp3) is 0.300. The first-order chi connectivity index (χ1) is 12.5. The van der Waals surface area contributed by atoms with E-state index in [2.05, 4.69) is 10.1 Å². The van der Waals surface area contributed by atoms with Crippen molar-refractivity contribution in [2.75, 3.05) is 20.8 Å². The second kappa shape index (κ2) is 9.46. The molecule has 2 aromatic rings. The number of methoxy groups -OCH3 is 2. The molecule has 26 heavy (non-hydrogen) atoms. The molecule has 1 N–H and O–H groups in total. The molecule has 1 atom stereocenters. The van der Waals surface area contributed by atoms with Gasteiger partial charge in [-0.15, -0.1) is 0 Å². The second-order valence-corrected chi connectivity index (χ2v) is 5.64. The lowest BCUT2D eigenvalue weighted by atomic mass is 10.1. The lowest BCUT2D eigenvalue weighted by Crippen LogP contribution is -2.37. The maximum atomic E-state index is 12.2. The summed E-state index contributed by atoms with van der Waals surface area (Å²) in [6, 6.07) is 14.6. The van der Waals surface area contributed by atoms with Crippen LogP contribution < -0.4 is 14.8 Å². The molecule has 0 radical (unpaired) electrons. The van der Waals surface area contributed by atoms with Gasteiger partial charge < -0.3 is 19.5 Å². The van der Waals surface area contributed by atoms with Gasteiger partial charge >= 0.3 is 5.97 Å². The predicted molar refractivity (Wildman–Crippen MR) is 97.6 cm³/mol. The second-order valence-electron chi connectivity index (χ2n) is 5.64. The highest BCUT2D eigenvalue weighted by Gasteiger charge is 2.18. The average Bonchev–Trinajstić information content (AvgIpc) is 2.68. The number of benzene rings is 2. The van der Waals surface area contributed by atoms with E-state index >= 15 is 0 Å². The van der Waals surface area contributed by atoms with Crippen LogP contribution in [0.5, 0.6) is 11.5 Å². The van der Waals surface area contributed by atoms with Crippen molar-refractivity contribution in [3.8, 4) is 11.5 Å². The number of amides is 1. The van der Waals surface area contributed by atoms with Gasteiger partial charge in [0.05, 0.1) is 19.8 Å². The molecule has 0 unspecified atom stereocenters. The van der Waals surface area contributed by atoms with E-state index in [4.69, 9.17) is 9.47 Å². The minimum Gasteiger partial charge on any atom is -0.493 e. The first kappa shape index (κ1) is 19.3. The van der Waals surface area contributed by atoms with Crippen LogP contribution in [-0.2, 0) is 16.0 Å². The minimum absolute atomic E-state index is 0.222. The maximum absolute atomic E-state index is 12.2. The Morgan fingerprint density at radius 1 is 1.04 bits per heavy atom. The molecule has 0 saturated carbocycles. The monoisotopic (exact) mass is 357 g/mol. The Kier molecular flexibility index (Phi) is 7.02. The number of hydrogen-bond donors (Lipinski definition) is 1. The van der Waals surface area contributed by atoms with E-state index in [0.717, 1.165) is 12.0 Å². The Bertz CT molecular complexity index is 745. The zero-order chi connectivity index (χ0) is 18.9. The molecule has 0 saturated heterocycles. The van der Waals surface area contributed by atoms with Crippen LogP contribution in [0.25, 0.3) is 0 Å². The molecule has 0 aliphatic carbocycles. The Morgan fingerprint density at radius 2 is 1.77 bits per heavy atom. The highest BCUT2D eigenvalue weighted by atomic mass is 16.5. The molecule has 2 rings (SSSR count). The molecule has 0 aromatic heterocycles. The Labute approximate surface area is 153 Å². The molecule has 6 heteroatoms. The molecule has 2 aromatic carbocycles. The van der Waals surface area contributed by atoms with Gasteiger partial charge in [0.15, 0.2) is 17.6 Å². The fourth-order valence-corrected chi connectivity index (χ4v) is 2.37. The number of rotatable bonds is 8. The van der Waals surface area contributed by atoms with Crippen molar-refractivity contribution >= 4 is 11.9 Å². The van der Waals surface area contributed by atoms with E-state index in [9.17, 15) is 9.59 Å². The normalized spacial score (nSPS) is 11.3. The SMILES string of the molecule is COC(=O)c1ccc(O[C@H](C)C(=O)NCCc2ccccc2)c(OC)c1. The van der Waals surface area contributed by atoms with E-state index in [1.54, 1.807) is 19.1 Å². The molecule has 0 fully saturated rings. The zero-order valence-electron chi connectivity index (χ0n) is 15.2. The molecule has 0 spiro atoms. The first-order valence-electron chi connectivity index (χ1n) is 8.29. The summed E-state index contributed by atoms with van der Waals surface area (Å²) >= 11 is 0. The summed E-state index contributed by atoms with van der Waals surface area (Å²) in [7, 11) is 2.77. The van der Waals surface area contributed by atoms with Crippen molar-refractivity contribution in [1.29, 1.82) is 0 Å². The van der Waals surface area contributed by atoms with Gasteiger partial charge in [-0.25, -0.2) is 4.79 Å². The lowest BCUT2D eigenvalue weighted by Gasteiger charge is -2.17. The first-order valence-corrected chi connectivity index (χ1v) is 8.29. The Hall–Kier alpha value is -3.02. The number of carbonyl (C=O) groups is 2. The summed E-state index contributed by atoms with van der Waals surface area (Å²) in [6.07, 6.45) is 0.0415. The van der Waals surface area contributed by atoms with Crippen LogP contribution >= 0.6 is 0 Å². The minimum atomic E-state index is -0.705. The average molecular weight is 357 g/mol. The Balaban J connectivity index is 1.92. The van der Waals surface area contributed by atoms with Crippen molar-refractivity contribution in [3.05, 3.63) is 59.7 Å². The van der Waals surface area contributed by atoms with Crippen molar-refractivity contribution in [1.82, 2.24) is 5.32 Å². The summed E-state index contributed by atoms with van der Waals surface area (Å²) in [5.41, 5.74) is 1.50. The fourth-order valence-electron chi connectivity index (χ4n) is 2.37. The van der Waals surface area contributed by atoms with Gasteiger partial charge in [-0.3, -0.25) is 4.79 Å². The van der Waals surface area contributed by atoms with E-state index in [0.29, 0.717) is 23.6 Å². The van der Waals surface area contributed by atoms with Crippen molar-refractivity contribution in [2.24, 2.45) is 0 Å². The Morgan fingerprint density at radius 3 is 2.42 bits per heavy atom. The third-order valence-electron chi connectivity index (χ3n) is 3.81. The van der Waals surface area contributed by atoms with Gasteiger partial charge in [0.2, 0.25) is 0 Å². The number of hydrogen-bond acceptors (Lipinski definition) is 5. The van der Waals surface area contributed by atoms with Crippen LogP contribution in [0.1, 0.15) is 22.8 Å². The summed E-state index contributed by atoms with van der Waals surface area (Å²) in [6.45, 7) is 2.18. The lowest BCUT2D eigenvalue weighted by molar-refractivity contribution is -0.127. The smallest absolute Gasteiger partial charge is 0.337 e. The van der Waals surface area contributed by atoms with E-state index in [-0.39, 0.29) is 5.91 Å². The van der Waals surface area contributed by atoms with Crippen LogP contribution in [0.3, 0.4) is 0 Å². The van der Waals surface area contributed by atoms with Gasteiger partial charge in [-0.05, 0) is 37.1 Å². The molecule has 138 valence electrons. The van der Waals surface area contributed by atoms with Crippen LogP contribution in [0.4, 0.5) is 0 Å². The maximum Gasteiger partial charge on any atom is 0.337 e. The quantitative estimate of drug-likeness (QED) is 0.735. The van der Waals surface area contributed by atoms with Gasteiger partial charge in [0, 0.05) is 6.54 Å². The standard InChI is InChI=1S/C20H23NO5/c1-14(19(22)21-12-11-15-7-5-4-6-8-15)26-17-10-9-16(20(23)25-3)13-18(17)24-2/h4-10,13-14H,11-12H2,1-3H3,(H,21,22)/t14-/m1/s1. The van der Waals surface area contributed by atoms with Crippen LogP contribution in [0, 0.1) is 0 Å². The number of ether oxygens (including phenoxy) is 3. The van der Waals surface area contributed by atoms with Crippen LogP contribution in [0.2, 0.25) is 0 Å².